The largest absolute Gasteiger partial charge is 0.309 e. The molecule has 0 radical (unpaired) electrons. The molecule has 0 atom stereocenters. The topological polar surface area (TPSA) is 9.86 Å². The number of para-hydroxylation sites is 4. The highest BCUT2D eigenvalue weighted by Crippen LogP contribution is 2.65. The van der Waals surface area contributed by atoms with E-state index in [9.17, 15) is 0 Å². The number of hydrogen-bond donors (Lipinski definition) is 0. The predicted molar refractivity (Wildman–Crippen MR) is 325 cm³/mol. The summed E-state index contributed by atoms with van der Waals surface area (Å²) in [6, 6.07) is 110. The van der Waals surface area contributed by atoms with Crippen molar-refractivity contribution in [1.29, 1.82) is 0 Å². The first-order chi connectivity index (χ1) is 38.7. The molecule has 0 N–H and O–H groups in total. The Morgan fingerprint density at radius 1 is 0.205 bits per heavy atom. The van der Waals surface area contributed by atoms with Gasteiger partial charge in [0.1, 0.15) is 0 Å². The van der Waals surface area contributed by atoms with Crippen molar-refractivity contribution >= 4 is 65.2 Å². The van der Waals surface area contributed by atoms with Gasteiger partial charge in [-0.1, -0.05) is 243 Å². The van der Waals surface area contributed by atoms with Crippen molar-refractivity contribution in [3.8, 4) is 33.6 Å². The molecule has 2 heterocycles. The summed E-state index contributed by atoms with van der Waals surface area (Å²) in [6.45, 7) is 0. The fourth-order valence-electron chi connectivity index (χ4n) is 14.9. The molecule has 0 fully saturated rings. The van der Waals surface area contributed by atoms with Crippen LogP contribution in [0.1, 0.15) is 44.5 Å². The van der Waals surface area contributed by atoms with Gasteiger partial charge in [0.2, 0.25) is 0 Å². The van der Waals surface area contributed by atoms with Crippen LogP contribution in [0.25, 0.3) is 98.8 Å². The second-order valence-electron chi connectivity index (χ2n) is 21.4. The first kappa shape index (κ1) is 43.2. The molecule has 0 saturated heterocycles. The summed E-state index contributed by atoms with van der Waals surface area (Å²) in [5, 5.41) is 9.91. The number of rotatable bonds is 6. The van der Waals surface area contributed by atoms with Crippen LogP contribution in [0.15, 0.2) is 291 Å². The number of hydrogen-bond acceptors (Lipinski definition) is 0. The molecule has 17 rings (SSSR count). The van der Waals surface area contributed by atoms with Gasteiger partial charge in [0.25, 0.3) is 0 Å². The maximum Gasteiger partial charge on any atom is 0.0714 e. The van der Waals surface area contributed by atoms with Gasteiger partial charge >= 0.3 is 0 Å². The summed E-state index contributed by atoms with van der Waals surface area (Å²) in [7, 11) is 0. The monoisotopic (exact) mass is 988 g/mol. The number of benzene rings is 13. The molecule has 15 aromatic rings. The predicted octanol–water partition coefficient (Wildman–Crippen LogP) is 18.9. The third-order valence-corrected chi connectivity index (χ3v) is 17.8. The fourth-order valence-corrected chi connectivity index (χ4v) is 14.9. The SMILES string of the molecule is c1ccc(C2(c3ccccc3)c3cc4c(cc3-c3c2cc(-n2c5ccccc5c5ccccc52)c2ccccc32)C(c2ccccc2)(c2ccccc2)c2cc(-n3c5ccccc5c5ccccc53)c3ccccc3c2-4)cc1. The van der Waals surface area contributed by atoms with Crippen LogP contribution in [0.5, 0.6) is 0 Å². The number of fused-ring (bicyclic) bond motifs is 16. The zero-order valence-corrected chi connectivity index (χ0v) is 42.6. The zero-order chi connectivity index (χ0) is 51.1. The number of aromatic nitrogens is 2. The molecule has 0 bridgehead atoms. The summed E-state index contributed by atoms with van der Waals surface area (Å²) < 4.78 is 5.06. The van der Waals surface area contributed by atoms with Crippen LogP contribution >= 0.6 is 0 Å². The highest BCUT2D eigenvalue weighted by Gasteiger charge is 2.53. The summed E-state index contributed by atoms with van der Waals surface area (Å²) in [6.07, 6.45) is 0. The van der Waals surface area contributed by atoms with Crippen LogP contribution in [-0.2, 0) is 10.8 Å². The molecule has 2 aromatic heterocycles. The lowest BCUT2D eigenvalue weighted by molar-refractivity contribution is 0.758. The van der Waals surface area contributed by atoms with E-state index in [0.29, 0.717) is 0 Å². The molecular weight excluding hydrogens is 941 g/mol. The van der Waals surface area contributed by atoms with E-state index >= 15 is 0 Å². The lowest BCUT2D eigenvalue weighted by Gasteiger charge is -2.36. The lowest BCUT2D eigenvalue weighted by atomic mass is 9.66. The maximum atomic E-state index is 2.65. The van der Waals surface area contributed by atoms with E-state index in [4.69, 9.17) is 0 Å². The Morgan fingerprint density at radius 2 is 0.449 bits per heavy atom. The second-order valence-corrected chi connectivity index (χ2v) is 21.4. The van der Waals surface area contributed by atoms with E-state index in [1.54, 1.807) is 0 Å². The van der Waals surface area contributed by atoms with Crippen molar-refractivity contribution in [2.24, 2.45) is 0 Å². The quantitative estimate of drug-likeness (QED) is 0.157. The van der Waals surface area contributed by atoms with E-state index in [0.717, 1.165) is 0 Å². The highest BCUT2D eigenvalue weighted by molar-refractivity contribution is 6.16. The molecule has 2 aliphatic rings. The molecule has 0 unspecified atom stereocenters. The van der Waals surface area contributed by atoms with Gasteiger partial charge in [0.15, 0.2) is 0 Å². The smallest absolute Gasteiger partial charge is 0.0714 e. The minimum absolute atomic E-state index is 0.719. The maximum absolute atomic E-state index is 2.65. The molecule has 0 aliphatic heterocycles. The lowest BCUT2D eigenvalue weighted by Crippen LogP contribution is -2.30. The van der Waals surface area contributed by atoms with Crippen LogP contribution in [0, 0.1) is 0 Å². The van der Waals surface area contributed by atoms with Crippen molar-refractivity contribution in [2.45, 2.75) is 10.8 Å². The third kappa shape index (κ3) is 5.55. The minimum atomic E-state index is -0.719. The summed E-state index contributed by atoms with van der Waals surface area (Å²) >= 11 is 0. The Morgan fingerprint density at radius 3 is 0.744 bits per heavy atom. The molecule has 0 saturated carbocycles. The standard InChI is InChI=1S/C76H48N2/c1-5-25-49(26-6-1)75(50-27-7-2-8-28-50)63-45-62-64(46-61(63)73-59-39-15-13-37-57(59)71(47-65(73)75)77-67-41-21-17-33-53(67)54-34-18-22-42-68(54)77)76(51-29-9-3-10-30-51,52-31-11-4-12-32-52)66-48-72(58-38-14-16-40-60(58)74(62)66)78-69-43-23-19-35-55(69)56-36-20-24-44-70(56)78/h1-48H. The van der Waals surface area contributed by atoms with E-state index in [2.05, 4.69) is 300 Å². The zero-order valence-electron chi connectivity index (χ0n) is 42.6. The normalized spacial score (nSPS) is 13.8. The van der Waals surface area contributed by atoms with Gasteiger partial charge in [-0.3, -0.25) is 0 Å². The first-order valence-corrected chi connectivity index (χ1v) is 27.3. The van der Waals surface area contributed by atoms with Gasteiger partial charge in [-0.25, -0.2) is 0 Å². The molecular formula is C76H48N2. The fraction of sp³-hybridized carbons (Fsp3) is 0.0263. The van der Waals surface area contributed by atoms with E-state index in [1.165, 1.54) is 143 Å². The van der Waals surface area contributed by atoms with Gasteiger partial charge in [-0.05, 0) is 126 Å². The Kier molecular flexibility index (Phi) is 9.01. The van der Waals surface area contributed by atoms with E-state index < -0.39 is 10.8 Å². The van der Waals surface area contributed by atoms with Crippen molar-refractivity contribution in [3.05, 3.63) is 336 Å². The molecule has 2 heteroatoms. The van der Waals surface area contributed by atoms with Gasteiger partial charge < -0.3 is 9.13 Å². The van der Waals surface area contributed by atoms with Gasteiger partial charge in [0.05, 0.1) is 44.3 Å². The van der Waals surface area contributed by atoms with Crippen LogP contribution < -0.4 is 0 Å². The average Bonchev–Trinajstić information content (AvgIpc) is 4.06. The van der Waals surface area contributed by atoms with Gasteiger partial charge in [0, 0.05) is 32.3 Å². The molecule has 78 heavy (non-hydrogen) atoms. The van der Waals surface area contributed by atoms with Crippen molar-refractivity contribution in [2.75, 3.05) is 0 Å². The number of nitrogens with zero attached hydrogens (tertiary/aromatic N) is 2. The Balaban J connectivity index is 1.07. The van der Waals surface area contributed by atoms with Crippen LogP contribution in [0.4, 0.5) is 0 Å². The molecule has 0 amide bonds. The Bertz CT molecular complexity index is 4450. The second kappa shape index (κ2) is 16.2. The van der Waals surface area contributed by atoms with Gasteiger partial charge in [-0.15, -0.1) is 0 Å². The van der Waals surface area contributed by atoms with Crippen LogP contribution in [-0.4, -0.2) is 9.13 Å². The van der Waals surface area contributed by atoms with Crippen molar-refractivity contribution in [1.82, 2.24) is 9.13 Å². The summed E-state index contributed by atoms with van der Waals surface area (Å²) in [5.41, 5.74) is 20.9. The Labute approximate surface area is 452 Å². The van der Waals surface area contributed by atoms with Crippen molar-refractivity contribution in [3.63, 3.8) is 0 Å². The molecule has 13 aromatic carbocycles. The first-order valence-electron chi connectivity index (χ1n) is 27.3. The molecule has 2 nitrogen and oxygen atoms in total. The van der Waals surface area contributed by atoms with Crippen LogP contribution in [0.2, 0.25) is 0 Å². The highest BCUT2D eigenvalue weighted by atomic mass is 15.0. The molecule has 362 valence electrons. The summed E-state index contributed by atoms with van der Waals surface area (Å²) in [5.74, 6) is 0. The Hall–Kier alpha value is -10.0. The molecule has 2 aliphatic carbocycles. The van der Waals surface area contributed by atoms with E-state index in [-0.39, 0.29) is 0 Å². The molecule has 0 spiro atoms. The average molecular weight is 989 g/mol. The minimum Gasteiger partial charge on any atom is -0.309 e. The van der Waals surface area contributed by atoms with Crippen molar-refractivity contribution < 1.29 is 0 Å². The summed E-state index contributed by atoms with van der Waals surface area (Å²) in [4.78, 5) is 0. The third-order valence-electron chi connectivity index (χ3n) is 17.8. The van der Waals surface area contributed by atoms with E-state index in [1.807, 2.05) is 0 Å². The van der Waals surface area contributed by atoms with Gasteiger partial charge in [-0.2, -0.15) is 0 Å². The van der Waals surface area contributed by atoms with Crippen LogP contribution in [0.3, 0.4) is 0 Å².